The molecular weight excluding hydrogens is 308 g/mol. The van der Waals surface area contributed by atoms with E-state index in [9.17, 15) is 9.59 Å². The van der Waals surface area contributed by atoms with Crippen LogP contribution in [0.25, 0.3) is 0 Å². The number of nitrogens with one attached hydrogen (secondary N) is 3. The minimum Gasteiger partial charge on any atom is -0.444 e. The summed E-state index contributed by atoms with van der Waals surface area (Å²) in [5.74, 6) is 0. The first-order chi connectivity index (χ1) is 11.3. The lowest BCUT2D eigenvalue weighted by atomic mass is 10.0. The number of alkyl carbamates (subject to hydrolysis) is 1. The number of amides is 3. The lowest BCUT2D eigenvalue weighted by molar-refractivity contribution is 0.0528. The lowest BCUT2D eigenvalue weighted by Gasteiger charge is -2.33. The molecule has 1 unspecified atom stereocenters. The first kappa shape index (κ1) is 20.5. The third-order valence-electron chi connectivity index (χ3n) is 3.93. The molecular formula is C17H34N4O3. The van der Waals surface area contributed by atoms with Crippen molar-refractivity contribution in [1.29, 1.82) is 0 Å². The van der Waals surface area contributed by atoms with Crippen molar-refractivity contribution in [2.24, 2.45) is 0 Å². The van der Waals surface area contributed by atoms with Crippen LogP contribution in [0.2, 0.25) is 0 Å². The number of nitrogens with zero attached hydrogens (tertiary/aromatic N) is 1. The van der Waals surface area contributed by atoms with Crippen molar-refractivity contribution in [1.82, 2.24) is 20.9 Å². The molecule has 0 aliphatic carbocycles. The number of rotatable bonds is 7. The number of ether oxygens (including phenoxy) is 1. The molecule has 0 aromatic carbocycles. The standard InChI is InChI=1S/C17H34N4O3/c1-14-8-5-6-12-21(14)13-7-9-18-15(22)19-10-11-20-16(23)24-17(2,3)4/h14H,5-13H2,1-4H3,(H,20,23)(H2,18,19,22). The normalized spacial score (nSPS) is 18.8. The molecule has 0 spiro atoms. The monoisotopic (exact) mass is 342 g/mol. The van der Waals surface area contributed by atoms with Crippen LogP contribution < -0.4 is 16.0 Å². The Balaban J connectivity index is 1.99. The van der Waals surface area contributed by atoms with E-state index in [0.29, 0.717) is 25.7 Å². The van der Waals surface area contributed by atoms with E-state index in [0.717, 1.165) is 13.0 Å². The number of urea groups is 1. The minimum absolute atomic E-state index is 0.201. The highest BCUT2D eigenvalue weighted by Crippen LogP contribution is 2.15. The van der Waals surface area contributed by atoms with E-state index in [-0.39, 0.29) is 6.03 Å². The summed E-state index contributed by atoms with van der Waals surface area (Å²) in [6, 6.07) is 0.458. The van der Waals surface area contributed by atoms with Crippen molar-refractivity contribution in [2.45, 2.75) is 65.0 Å². The van der Waals surface area contributed by atoms with Crippen molar-refractivity contribution in [3.05, 3.63) is 0 Å². The molecule has 24 heavy (non-hydrogen) atoms. The molecule has 3 amide bonds. The number of carbonyl (C=O) groups excluding carboxylic acids is 2. The Bertz CT molecular complexity index is 396. The molecule has 7 heteroatoms. The fraction of sp³-hybridized carbons (Fsp3) is 0.882. The van der Waals surface area contributed by atoms with Gasteiger partial charge in [0.15, 0.2) is 0 Å². The fourth-order valence-electron chi connectivity index (χ4n) is 2.69. The van der Waals surface area contributed by atoms with Crippen LogP contribution >= 0.6 is 0 Å². The van der Waals surface area contributed by atoms with Gasteiger partial charge in [-0.15, -0.1) is 0 Å². The van der Waals surface area contributed by atoms with Gasteiger partial charge in [0, 0.05) is 32.2 Å². The lowest BCUT2D eigenvalue weighted by Crippen LogP contribution is -2.43. The maximum absolute atomic E-state index is 11.7. The first-order valence-corrected chi connectivity index (χ1v) is 9.00. The second kappa shape index (κ2) is 10.4. The van der Waals surface area contributed by atoms with Gasteiger partial charge in [-0.2, -0.15) is 0 Å². The van der Waals surface area contributed by atoms with Gasteiger partial charge in [0.2, 0.25) is 0 Å². The number of piperidine rings is 1. The number of likely N-dealkylation sites (tertiary alicyclic amines) is 1. The smallest absolute Gasteiger partial charge is 0.407 e. The van der Waals surface area contributed by atoms with Gasteiger partial charge >= 0.3 is 12.1 Å². The van der Waals surface area contributed by atoms with Crippen LogP contribution in [0.1, 0.15) is 53.4 Å². The Morgan fingerprint density at radius 3 is 2.42 bits per heavy atom. The third kappa shape index (κ3) is 9.60. The molecule has 1 fully saturated rings. The van der Waals surface area contributed by atoms with E-state index in [1.165, 1.54) is 25.8 Å². The van der Waals surface area contributed by atoms with Crippen molar-refractivity contribution in [3.8, 4) is 0 Å². The number of hydrogen-bond donors (Lipinski definition) is 3. The highest BCUT2D eigenvalue weighted by atomic mass is 16.6. The third-order valence-corrected chi connectivity index (χ3v) is 3.93. The zero-order valence-corrected chi connectivity index (χ0v) is 15.6. The molecule has 0 radical (unpaired) electrons. The quantitative estimate of drug-likeness (QED) is 0.619. The maximum Gasteiger partial charge on any atom is 0.407 e. The van der Waals surface area contributed by atoms with Gasteiger partial charge in [0.1, 0.15) is 5.60 Å². The minimum atomic E-state index is -0.513. The van der Waals surface area contributed by atoms with Crippen LogP contribution in [0.4, 0.5) is 9.59 Å². The number of carbonyl (C=O) groups is 2. The van der Waals surface area contributed by atoms with Crippen LogP contribution in [0.15, 0.2) is 0 Å². The molecule has 1 heterocycles. The fourth-order valence-corrected chi connectivity index (χ4v) is 2.69. The Morgan fingerprint density at radius 2 is 1.75 bits per heavy atom. The average molecular weight is 342 g/mol. The highest BCUT2D eigenvalue weighted by Gasteiger charge is 2.17. The molecule has 7 nitrogen and oxygen atoms in total. The molecule has 1 aliphatic heterocycles. The SMILES string of the molecule is CC1CCCCN1CCCNC(=O)NCCNC(=O)OC(C)(C)C. The predicted octanol–water partition coefficient (Wildman–Crippen LogP) is 2.07. The van der Waals surface area contributed by atoms with Crippen LogP contribution in [0.3, 0.4) is 0 Å². The molecule has 1 rings (SSSR count). The Kier molecular flexibility index (Phi) is 8.89. The van der Waals surface area contributed by atoms with Gasteiger partial charge in [-0.3, -0.25) is 0 Å². The molecule has 1 atom stereocenters. The zero-order chi connectivity index (χ0) is 18.0. The van der Waals surface area contributed by atoms with E-state index in [4.69, 9.17) is 4.74 Å². The first-order valence-electron chi connectivity index (χ1n) is 9.00. The molecule has 1 aliphatic rings. The van der Waals surface area contributed by atoms with Gasteiger partial charge < -0.3 is 25.6 Å². The van der Waals surface area contributed by atoms with Crippen LogP contribution in [0.5, 0.6) is 0 Å². The van der Waals surface area contributed by atoms with Crippen molar-refractivity contribution >= 4 is 12.1 Å². The Labute approximate surface area is 145 Å². The van der Waals surface area contributed by atoms with Crippen molar-refractivity contribution in [2.75, 3.05) is 32.7 Å². The summed E-state index contributed by atoms with van der Waals surface area (Å²) in [5, 5.41) is 8.16. The molecule has 0 saturated carbocycles. The summed E-state index contributed by atoms with van der Waals surface area (Å²) >= 11 is 0. The van der Waals surface area contributed by atoms with E-state index in [1.807, 2.05) is 20.8 Å². The van der Waals surface area contributed by atoms with Gasteiger partial charge in [-0.05, 0) is 53.5 Å². The summed E-state index contributed by atoms with van der Waals surface area (Å²) < 4.78 is 5.11. The summed E-state index contributed by atoms with van der Waals surface area (Å²) in [5.41, 5.74) is -0.513. The van der Waals surface area contributed by atoms with Crippen molar-refractivity contribution in [3.63, 3.8) is 0 Å². The van der Waals surface area contributed by atoms with Gasteiger partial charge in [0.25, 0.3) is 0 Å². The summed E-state index contributed by atoms with van der Waals surface area (Å²) in [6.07, 6.45) is 4.37. The summed E-state index contributed by atoms with van der Waals surface area (Å²) in [7, 11) is 0. The zero-order valence-electron chi connectivity index (χ0n) is 15.6. The second-order valence-electron chi connectivity index (χ2n) is 7.35. The Morgan fingerprint density at radius 1 is 1.08 bits per heavy atom. The molecule has 3 N–H and O–H groups in total. The van der Waals surface area contributed by atoms with E-state index in [2.05, 4.69) is 27.8 Å². The second-order valence-corrected chi connectivity index (χ2v) is 7.35. The van der Waals surface area contributed by atoms with E-state index in [1.54, 1.807) is 0 Å². The van der Waals surface area contributed by atoms with Gasteiger partial charge in [-0.25, -0.2) is 9.59 Å². The molecule has 0 aromatic heterocycles. The molecule has 0 aromatic rings. The molecule has 0 bridgehead atoms. The van der Waals surface area contributed by atoms with Gasteiger partial charge in [0.05, 0.1) is 0 Å². The van der Waals surface area contributed by atoms with Crippen molar-refractivity contribution < 1.29 is 14.3 Å². The van der Waals surface area contributed by atoms with Crippen LogP contribution in [-0.4, -0.2) is 61.4 Å². The largest absolute Gasteiger partial charge is 0.444 e. The molecule has 1 saturated heterocycles. The van der Waals surface area contributed by atoms with E-state index < -0.39 is 11.7 Å². The topological polar surface area (TPSA) is 82.7 Å². The maximum atomic E-state index is 11.7. The summed E-state index contributed by atoms with van der Waals surface area (Å²) in [6.45, 7) is 11.3. The molecule has 140 valence electrons. The van der Waals surface area contributed by atoms with Crippen LogP contribution in [-0.2, 0) is 4.74 Å². The van der Waals surface area contributed by atoms with E-state index >= 15 is 0 Å². The highest BCUT2D eigenvalue weighted by molar-refractivity contribution is 5.73. The van der Waals surface area contributed by atoms with Crippen LogP contribution in [0, 0.1) is 0 Å². The Hall–Kier alpha value is -1.50. The average Bonchev–Trinajstić information content (AvgIpc) is 2.48. The number of hydrogen-bond acceptors (Lipinski definition) is 4. The van der Waals surface area contributed by atoms with Gasteiger partial charge in [-0.1, -0.05) is 6.42 Å². The predicted molar refractivity (Wildman–Crippen MR) is 95.1 cm³/mol. The summed E-state index contributed by atoms with van der Waals surface area (Å²) in [4.78, 5) is 25.6.